The van der Waals surface area contributed by atoms with Gasteiger partial charge in [-0.25, -0.2) is 0 Å². The van der Waals surface area contributed by atoms with Gasteiger partial charge in [0.25, 0.3) is 0 Å². The second-order valence-electron chi connectivity index (χ2n) is 3.77. The molecule has 1 heterocycles. The Morgan fingerprint density at radius 1 is 1.67 bits per heavy atom. The van der Waals surface area contributed by atoms with E-state index in [9.17, 15) is 9.59 Å². The number of amides is 2. The van der Waals surface area contributed by atoms with Gasteiger partial charge in [0, 0.05) is 20.3 Å². The third kappa shape index (κ3) is 3.89. The number of aromatic nitrogens is 2. The van der Waals surface area contributed by atoms with Gasteiger partial charge in [0.1, 0.15) is 5.69 Å². The first-order valence-corrected chi connectivity index (χ1v) is 5.64. The van der Waals surface area contributed by atoms with Crippen molar-refractivity contribution in [1.82, 2.24) is 20.0 Å². The molecular formula is C11H15ClN4O2. The van der Waals surface area contributed by atoms with E-state index in [1.165, 1.54) is 11.9 Å². The molecule has 6 nitrogen and oxygen atoms in total. The number of nitrogens with zero attached hydrogens (tertiary/aromatic N) is 3. The fraction of sp³-hybridized carbons (Fsp3) is 0.364. The van der Waals surface area contributed by atoms with Gasteiger partial charge in [-0.1, -0.05) is 18.2 Å². The summed E-state index contributed by atoms with van der Waals surface area (Å²) in [7, 11) is 3.27. The standard InChI is InChI=1S/C11H15ClN4O2/c1-4-11(18)15(2)7-10(17)13-5-9-8(12)6-16(3)14-9/h4,6H,1,5,7H2,2-3H3,(H,13,17). The number of carbonyl (C=O) groups is 2. The topological polar surface area (TPSA) is 67.2 Å². The third-order valence-corrected chi connectivity index (χ3v) is 2.55. The number of halogens is 1. The molecule has 0 aromatic carbocycles. The molecule has 98 valence electrons. The van der Waals surface area contributed by atoms with Gasteiger partial charge in [-0.05, 0) is 6.08 Å². The largest absolute Gasteiger partial charge is 0.349 e. The molecule has 0 saturated carbocycles. The van der Waals surface area contributed by atoms with E-state index in [-0.39, 0.29) is 24.9 Å². The molecule has 1 N–H and O–H groups in total. The highest BCUT2D eigenvalue weighted by Gasteiger charge is 2.11. The Balaban J connectivity index is 2.44. The Bertz CT molecular complexity index is 470. The van der Waals surface area contributed by atoms with Crippen molar-refractivity contribution < 1.29 is 9.59 Å². The number of carbonyl (C=O) groups excluding carboxylic acids is 2. The van der Waals surface area contributed by atoms with Crippen LogP contribution in [-0.2, 0) is 23.2 Å². The summed E-state index contributed by atoms with van der Waals surface area (Å²) < 4.78 is 1.57. The maximum absolute atomic E-state index is 11.5. The van der Waals surface area contributed by atoms with Gasteiger partial charge in [-0.3, -0.25) is 14.3 Å². The minimum absolute atomic E-state index is 0.0324. The molecule has 2 amide bonds. The van der Waals surface area contributed by atoms with Crippen molar-refractivity contribution in [2.24, 2.45) is 7.05 Å². The van der Waals surface area contributed by atoms with Crippen LogP contribution in [0.4, 0.5) is 0 Å². The summed E-state index contributed by atoms with van der Waals surface area (Å²) in [4.78, 5) is 24.0. The first-order valence-electron chi connectivity index (χ1n) is 5.26. The molecule has 0 unspecified atom stereocenters. The van der Waals surface area contributed by atoms with Crippen molar-refractivity contribution in [3.05, 3.63) is 29.6 Å². The number of nitrogens with one attached hydrogen (secondary N) is 1. The number of hydrogen-bond acceptors (Lipinski definition) is 3. The molecule has 1 aromatic heterocycles. The summed E-state index contributed by atoms with van der Waals surface area (Å²) in [6.07, 6.45) is 2.80. The molecule has 7 heteroatoms. The lowest BCUT2D eigenvalue weighted by Crippen LogP contribution is -2.37. The zero-order valence-corrected chi connectivity index (χ0v) is 11.1. The molecule has 0 fully saturated rings. The molecule has 0 aliphatic heterocycles. The van der Waals surface area contributed by atoms with Crippen LogP contribution in [0.5, 0.6) is 0 Å². The van der Waals surface area contributed by atoms with Crippen LogP contribution in [0.3, 0.4) is 0 Å². The maximum Gasteiger partial charge on any atom is 0.246 e. The first-order chi connectivity index (χ1) is 8.43. The van der Waals surface area contributed by atoms with Gasteiger partial charge >= 0.3 is 0 Å². The number of hydrogen-bond donors (Lipinski definition) is 1. The van der Waals surface area contributed by atoms with Crippen LogP contribution in [0.2, 0.25) is 5.02 Å². The Kier molecular flexibility index (Phi) is 4.91. The highest BCUT2D eigenvalue weighted by molar-refractivity contribution is 6.31. The number of aryl methyl sites for hydroxylation is 1. The van der Waals surface area contributed by atoms with E-state index in [0.717, 1.165) is 6.08 Å². The van der Waals surface area contributed by atoms with Crippen LogP contribution >= 0.6 is 11.6 Å². The number of likely N-dealkylation sites (N-methyl/N-ethyl adjacent to an activating group) is 1. The highest BCUT2D eigenvalue weighted by Crippen LogP contribution is 2.12. The van der Waals surface area contributed by atoms with Crippen molar-refractivity contribution in [2.45, 2.75) is 6.54 Å². The second kappa shape index (κ2) is 6.20. The van der Waals surface area contributed by atoms with Crippen molar-refractivity contribution in [3.8, 4) is 0 Å². The van der Waals surface area contributed by atoms with Crippen LogP contribution in [0.1, 0.15) is 5.69 Å². The van der Waals surface area contributed by atoms with Crippen molar-refractivity contribution >= 4 is 23.4 Å². The minimum Gasteiger partial charge on any atom is -0.349 e. The summed E-state index contributed by atoms with van der Waals surface area (Å²) in [5.41, 5.74) is 0.588. The van der Waals surface area contributed by atoms with Gasteiger partial charge in [0.15, 0.2) is 0 Å². The van der Waals surface area contributed by atoms with Crippen molar-refractivity contribution in [2.75, 3.05) is 13.6 Å². The average Bonchev–Trinajstić information content (AvgIpc) is 2.64. The van der Waals surface area contributed by atoms with Gasteiger partial charge in [-0.15, -0.1) is 0 Å². The van der Waals surface area contributed by atoms with Gasteiger partial charge in [0.2, 0.25) is 11.8 Å². The molecule has 0 atom stereocenters. The summed E-state index contributed by atoms with van der Waals surface area (Å²) in [6.45, 7) is 3.54. The molecule has 0 bridgehead atoms. The lowest BCUT2D eigenvalue weighted by molar-refractivity contribution is -0.131. The summed E-state index contributed by atoms with van der Waals surface area (Å²) in [5.74, 6) is -0.588. The Morgan fingerprint density at radius 3 is 2.83 bits per heavy atom. The van der Waals surface area contributed by atoms with E-state index in [2.05, 4.69) is 17.0 Å². The Labute approximate surface area is 110 Å². The minimum atomic E-state index is -0.305. The summed E-state index contributed by atoms with van der Waals surface area (Å²) in [6, 6.07) is 0. The van der Waals surface area contributed by atoms with Crippen LogP contribution in [0.25, 0.3) is 0 Å². The lowest BCUT2D eigenvalue weighted by Gasteiger charge is -2.14. The number of rotatable bonds is 5. The average molecular weight is 271 g/mol. The zero-order chi connectivity index (χ0) is 13.7. The normalized spacial score (nSPS) is 9.94. The first kappa shape index (κ1) is 14.2. The van der Waals surface area contributed by atoms with E-state index in [4.69, 9.17) is 11.6 Å². The molecule has 0 aliphatic carbocycles. The highest BCUT2D eigenvalue weighted by atomic mass is 35.5. The van der Waals surface area contributed by atoms with Crippen LogP contribution in [0.15, 0.2) is 18.9 Å². The molecular weight excluding hydrogens is 256 g/mol. The van der Waals surface area contributed by atoms with Gasteiger partial charge in [0.05, 0.1) is 18.1 Å². The van der Waals surface area contributed by atoms with E-state index in [1.54, 1.807) is 17.9 Å². The Morgan fingerprint density at radius 2 is 2.33 bits per heavy atom. The fourth-order valence-corrected chi connectivity index (χ4v) is 1.56. The summed E-state index contributed by atoms with van der Waals surface area (Å²) in [5, 5.41) is 7.22. The fourth-order valence-electron chi connectivity index (χ4n) is 1.31. The maximum atomic E-state index is 11.5. The predicted octanol–water partition coefficient (Wildman–Crippen LogP) is 0.334. The zero-order valence-electron chi connectivity index (χ0n) is 10.3. The Hall–Kier alpha value is -1.82. The molecule has 18 heavy (non-hydrogen) atoms. The molecule has 1 rings (SSSR count). The lowest BCUT2D eigenvalue weighted by atomic mass is 10.4. The molecule has 0 radical (unpaired) electrons. The van der Waals surface area contributed by atoms with Crippen molar-refractivity contribution in [1.29, 1.82) is 0 Å². The second-order valence-corrected chi connectivity index (χ2v) is 4.18. The molecule has 1 aromatic rings. The van der Waals surface area contributed by atoms with E-state index in [1.807, 2.05) is 0 Å². The van der Waals surface area contributed by atoms with Crippen LogP contribution in [0, 0.1) is 0 Å². The van der Waals surface area contributed by atoms with Crippen LogP contribution in [-0.4, -0.2) is 40.1 Å². The summed E-state index contributed by atoms with van der Waals surface area (Å²) >= 11 is 5.89. The smallest absolute Gasteiger partial charge is 0.246 e. The van der Waals surface area contributed by atoms with E-state index in [0.29, 0.717) is 10.7 Å². The molecule has 0 aliphatic rings. The molecule has 0 spiro atoms. The predicted molar refractivity (Wildman–Crippen MR) is 67.9 cm³/mol. The van der Waals surface area contributed by atoms with E-state index >= 15 is 0 Å². The third-order valence-electron chi connectivity index (χ3n) is 2.24. The van der Waals surface area contributed by atoms with E-state index < -0.39 is 0 Å². The van der Waals surface area contributed by atoms with Gasteiger partial charge < -0.3 is 10.2 Å². The van der Waals surface area contributed by atoms with Crippen LogP contribution < -0.4 is 5.32 Å². The molecule has 0 saturated heterocycles. The SMILES string of the molecule is C=CC(=O)N(C)CC(=O)NCc1nn(C)cc1Cl. The van der Waals surface area contributed by atoms with Crippen molar-refractivity contribution in [3.63, 3.8) is 0 Å². The van der Waals surface area contributed by atoms with Gasteiger partial charge in [-0.2, -0.15) is 5.10 Å². The quantitative estimate of drug-likeness (QED) is 0.785. The monoisotopic (exact) mass is 270 g/mol.